The summed E-state index contributed by atoms with van der Waals surface area (Å²) in [6.45, 7) is 12.0. The third kappa shape index (κ3) is 9.81. The number of aliphatic imine (C=N–C) groups is 1. The normalized spacial score (nSPS) is 17.1. The molecule has 1 heterocycles. The van der Waals surface area contributed by atoms with Crippen molar-refractivity contribution in [1.82, 2.24) is 20.4 Å². The lowest BCUT2D eigenvalue weighted by Crippen LogP contribution is -2.46. The lowest BCUT2D eigenvalue weighted by molar-refractivity contribution is 0.136. The molecule has 1 rings (SSSR count). The molecule has 1 aliphatic rings. The van der Waals surface area contributed by atoms with E-state index in [-0.39, 0.29) is 24.0 Å². The van der Waals surface area contributed by atoms with Crippen LogP contribution in [0.1, 0.15) is 19.8 Å². The summed E-state index contributed by atoms with van der Waals surface area (Å²) in [7, 11) is 3.51. The van der Waals surface area contributed by atoms with Crippen molar-refractivity contribution in [3.05, 3.63) is 0 Å². The smallest absolute Gasteiger partial charge is 0.191 e. The standard InChI is InChI=1S/C15H33N5O.HI/c1-4-19-10-12-20(13-11-19)9-6-5-7-17-15(16-2)18-8-14-21-3;/h4-14H2,1-3H3,(H2,16,17,18);1H. The van der Waals surface area contributed by atoms with Crippen LogP contribution in [0, 0.1) is 0 Å². The fourth-order valence-corrected chi connectivity index (χ4v) is 2.49. The van der Waals surface area contributed by atoms with Crippen LogP contribution in [0.5, 0.6) is 0 Å². The molecule has 0 atom stereocenters. The zero-order valence-electron chi connectivity index (χ0n) is 14.4. The van der Waals surface area contributed by atoms with Gasteiger partial charge in [-0.25, -0.2) is 0 Å². The molecule has 132 valence electrons. The average molecular weight is 427 g/mol. The third-order valence-corrected chi connectivity index (χ3v) is 3.93. The van der Waals surface area contributed by atoms with E-state index in [1.807, 2.05) is 0 Å². The number of nitrogens with zero attached hydrogens (tertiary/aromatic N) is 3. The van der Waals surface area contributed by atoms with Crippen LogP contribution in [-0.2, 0) is 4.74 Å². The van der Waals surface area contributed by atoms with Crippen molar-refractivity contribution in [2.75, 3.05) is 73.1 Å². The molecule has 2 N–H and O–H groups in total. The Hall–Kier alpha value is -0.120. The van der Waals surface area contributed by atoms with Crippen LogP contribution >= 0.6 is 24.0 Å². The molecule has 7 heteroatoms. The third-order valence-electron chi connectivity index (χ3n) is 3.93. The maximum Gasteiger partial charge on any atom is 0.191 e. The van der Waals surface area contributed by atoms with Crippen molar-refractivity contribution < 1.29 is 4.74 Å². The van der Waals surface area contributed by atoms with Crippen molar-refractivity contribution in [3.8, 4) is 0 Å². The largest absolute Gasteiger partial charge is 0.383 e. The molecule has 1 fully saturated rings. The molecule has 0 aromatic rings. The van der Waals surface area contributed by atoms with Crippen LogP contribution in [0.2, 0.25) is 0 Å². The molecule has 0 aromatic carbocycles. The maximum atomic E-state index is 5.01. The molecule has 0 radical (unpaired) electrons. The highest BCUT2D eigenvalue weighted by molar-refractivity contribution is 14.0. The first-order valence-corrected chi connectivity index (χ1v) is 8.18. The number of methoxy groups -OCH3 is 1. The molecule has 1 aliphatic heterocycles. The molecular weight excluding hydrogens is 393 g/mol. The fourth-order valence-electron chi connectivity index (χ4n) is 2.49. The van der Waals surface area contributed by atoms with Gasteiger partial charge in [0.15, 0.2) is 5.96 Å². The second-order valence-electron chi connectivity index (χ2n) is 5.40. The summed E-state index contributed by atoms with van der Waals surface area (Å²) in [5.74, 6) is 0.864. The number of unbranched alkanes of at least 4 members (excludes halogenated alkanes) is 1. The molecule has 6 nitrogen and oxygen atoms in total. The molecule has 1 saturated heterocycles. The highest BCUT2D eigenvalue weighted by atomic mass is 127. The van der Waals surface area contributed by atoms with Gasteiger partial charge in [0.05, 0.1) is 6.61 Å². The molecular formula is C15H34IN5O. The van der Waals surface area contributed by atoms with E-state index >= 15 is 0 Å². The SMILES string of the molecule is CCN1CCN(CCCCNC(=NC)NCCOC)CC1.I. The van der Waals surface area contributed by atoms with Crippen LogP contribution in [-0.4, -0.2) is 88.9 Å². The van der Waals surface area contributed by atoms with E-state index in [4.69, 9.17) is 4.74 Å². The zero-order valence-corrected chi connectivity index (χ0v) is 16.8. The van der Waals surface area contributed by atoms with Crippen molar-refractivity contribution in [1.29, 1.82) is 0 Å². The first kappa shape index (κ1) is 21.9. The van der Waals surface area contributed by atoms with Gasteiger partial charge in [-0.3, -0.25) is 4.99 Å². The Morgan fingerprint density at radius 3 is 2.27 bits per heavy atom. The van der Waals surface area contributed by atoms with E-state index in [1.165, 1.54) is 52.1 Å². The van der Waals surface area contributed by atoms with E-state index in [1.54, 1.807) is 14.2 Å². The van der Waals surface area contributed by atoms with E-state index < -0.39 is 0 Å². The quantitative estimate of drug-likeness (QED) is 0.247. The second-order valence-corrected chi connectivity index (χ2v) is 5.40. The van der Waals surface area contributed by atoms with Gasteiger partial charge in [-0.2, -0.15) is 0 Å². The minimum Gasteiger partial charge on any atom is -0.383 e. The summed E-state index contributed by atoms with van der Waals surface area (Å²) in [6.07, 6.45) is 2.42. The summed E-state index contributed by atoms with van der Waals surface area (Å²) in [4.78, 5) is 9.29. The van der Waals surface area contributed by atoms with Gasteiger partial charge >= 0.3 is 0 Å². The van der Waals surface area contributed by atoms with Gasteiger partial charge in [0.2, 0.25) is 0 Å². The van der Waals surface area contributed by atoms with Gasteiger partial charge in [0, 0.05) is 53.4 Å². The molecule has 0 amide bonds. The van der Waals surface area contributed by atoms with Crippen LogP contribution in [0.25, 0.3) is 0 Å². The number of nitrogens with one attached hydrogen (secondary N) is 2. The van der Waals surface area contributed by atoms with Gasteiger partial charge in [-0.15, -0.1) is 24.0 Å². The first-order valence-electron chi connectivity index (χ1n) is 8.18. The zero-order chi connectivity index (χ0) is 15.3. The van der Waals surface area contributed by atoms with Crippen LogP contribution < -0.4 is 10.6 Å². The number of likely N-dealkylation sites (N-methyl/N-ethyl adjacent to an activating group) is 1. The Kier molecular flexibility index (Phi) is 14.4. The lowest BCUT2D eigenvalue weighted by Gasteiger charge is -2.34. The Labute approximate surface area is 153 Å². The molecule has 0 aliphatic carbocycles. The Bertz CT molecular complexity index is 283. The topological polar surface area (TPSA) is 52.1 Å². The highest BCUT2D eigenvalue weighted by Gasteiger charge is 2.14. The number of hydrogen-bond acceptors (Lipinski definition) is 4. The van der Waals surface area contributed by atoms with E-state index in [0.29, 0.717) is 6.61 Å². The predicted octanol–water partition coefficient (Wildman–Crippen LogP) is 0.834. The number of rotatable bonds is 9. The van der Waals surface area contributed by atoms with Gasteiger partial charge in [0.1, 0.15) is 0 Å². The van der Waals surface area contributed by atoms with Crippen LogP contribution in [0.3, 0.4) is 0 Å². The number of halogens is 1. The monoisotopic (exact) mass is 427 g/mol. The van der Waals surface area contributed by atoms with E-state index in [2.05, 4.69) is 32.3 Å². The fraction of sp³-hybridized carbons (Fsp3) is 0.933. The number of guanidine groups is 1. The lowest BCUT2D eigenvalue weighted by atomic mass is 10.2. The predicted molar refractivity (Wildman–Crippen MR) is 104 cm³/mol. The molecule has 0 bridgehead atoms. The van der Waals surface area contributed by atoms with Crippen LogP contribution in [0.4, 0.5) is 0 Å². The molecule has 0 saturated carbocycles. The summed E-state index contributed by atoms with van der Waals surface area (Å²) >= 11 is 0. The molecule has 22 heavy (non-hydrogen) atoms. The summed E-state index contributed by atoms with van der Waals surface area (Å²) in [5.41, 5.74) is 0. The number of hydrogen-bond donors (Lipinski definition) is 2. The first-order chi connectivity index (χ1) is 10.3. The van der Waals surface area contributed by atoms with Gasteiger partial charge in [0.25, 0.3) is 0 Å². The van der Waals surface area contributed by atoms with Crippen molar-refractivity contribution in [3.63, 3.8) is 0 Å². The number of piperazine rings is 1. The number of ether oxygens (including phenoxy) is 1. The van der Waals surface area contributed by atoms with Crippen molar-refractivity contribution in [2.24, 2.45) is 4.99 Å². The van der Waals surface area contributed by atoms with Gasteiger partial charge in [-0.05, 0) is 25.9 Å². The van der Waals surface area contributed by atoms with Gasteiger partial charge < -0.3 is 25.2 Å². The molecule has 0 unspecified atom stereocenters. The van der Waals surface area contributed by atoms with E-state index in [9.17, 15) is 0 Å². The minimum atomic E-state index is 0. The van der Waals surface area contributed by atoms with E-state index in [0.717, 1.165) is 19.0 Å². The van der Waals surface area contributed by atoms with Crippen molar-refractivity contribution in [2.45, 2.75) is 19.8 Å². The maximum absolute atomic E-state index is 5.01. The Morgan fingerprint density at radius 2 is 1.68 bits per heavy atom. The molecule has 0 spiro atoms. The minimum absolute atomic E-state index is 0. The summed E-state index contributed by atoms with van der Waals surface area (Å²) < 4.78 is 5.01. The molecule has 0 aromatic heterocycles. The summed E-state index contributed by atoms with van der Waals surface area (Å²) in [5, 5.41) is 6.56. The Morgan fingerprint density at radius 1 is 1.05 bits per heavy atom. The highest BCUT2D eigenvalue weighted by Crippen LogP contribution is 2.02. The van der Waals surface area contributed by atoms with Crippen molar-refractivity contribution >= 4 is 29.9 Å². The average Bonchev–Trinajstić information content (AvgIpc) is 2.53. The van der Waals surface area contributed by atoms with Crippen LogP contribution in [0.15, 0.2) is 4.99 Å². The van der Waals surface area contributed by atoms with Gasteiger partial charge in [-0.1, -0.05) is 6.92 Å². The second kappa shape index (κ2) is 14.5. The Balaban J connectivity index is 0.00000441. The summed E-state index contributed by atoms with van der Waals surface area (Å²) in [6, 6.07) is 0.